The van der Waals surface area contributed by atoms with Crippen LogP contribution in [0.5, 0.6) is 0 Å². The van der Waals surface area contributed by atoms with Crippen LogP contribution < -0.4 is 15.1 Å². The summed E-state index contributed by atoms with van der Waals surface area (Å²) in [6.45, 7) is 7.16. The topological polar surface area (TPSA) is 65.1 Å². The lowest BCUT2D eigenvalue weighted by atomic mass is 10.0. The number of nitrogens with one attached hydrogen (secondary N) is 1. The van der Waals surface area contributed by atoms with Crippen molar-refractivity contribution in [3.8, 4) is 0 Å². The highest BCUT2D eigenvalue weighted by molar-refractivity contribution is 6.33. The zero-order valence-corrected chi connectivity index (χ0v) is 18.4. The second-order valence-corrected chi connectivity index (χ2v) is 8.95. The molecule has 0 unspecified atom stereocenters. The Kier molecular flexibility index (Phi) is 5.61. The van der Waals surface area contributed by atoms with Crippen LogP contribution in [0.15, 0.2) is 23.9 Å². The van der Waals surface area contributed by atoms with Crippen LogP contribution in [0.2, 0.25) is 0 Å². The summed E-state index contributed by atoms with van der Waals surface area (Å²) in [6, 6.07) is 6.71. The van der Waals surface area contributed by atoms with Crippen molar-refractivity contribution in [3.05, 3.63) is 29.5 Å². The molecule has 0 saturated carbocycles. The minimum absolute atomic E-state index is 0.0892. The van der Waals surface area contributed by atoms with Crippen molar-refractivity contribution in [2.24, 2.45) is 0 Å². The van der Waals surface area contributed by atoms with Crippen LogP contribution in [0.3, 0.4) is 0 Å². The average Bonchev–Trinajstić information content (AvgIpc) is 3.33. The molecule has 0 aromatic heterocycles. The first-order valence-electron chi connectivity index (χ1n) is 11.7. The van der Waals surface area contributed by atoms with Gasteiger partial charge in [0.1, 0.15) is 0 Å². The monoisotopic (exact) mass is 424 g/mol. The maximum atomic E-state index is 13.8. The first-order valence-corrected chi connectivity index (χ1v) is 11.7. The normalized spacial score (nSPS) is 24.9. The lowest BCUT2D eigenvalue weighted by Crippen LogP contribution is -2.41. The molecule has 1 aromatic carbocycles. The van der Waals surface area contributed by atoms with E-state index in [2.05, 4.69) is 28.4 Å². The Hall–Kier alpha value is -2.54. The molecule has 31 heavy (non-hydrogen) atoms. The molecule has 0 aliphatic carbocycles. The molecule has 1 aromatic rings. The number of benzene rings is 1. The van der Waals surface area contributed by atoms with Crippen LogP contribution in [0.25, 0.3) is 5.57 Å². The second-order valence-electron chi connectivity index (χ2n) is 8.95. The lowest BCUT2D eigenvalue weighted by Gasteiger charge is -2.31. The lowest BCUT2D eigenvalue weighted by molar-refractivity contribution is -0.128. The molecule has 3 fully saturated rings. The zero-order chi connectivity index (χ0) is 21.4. The largest absolute Gasteiger partial charge is 0.386 e. The van der Waals surface area contributed by atoms with E-state index in [-0.39, 0.29) is 17.9 Å². The zero-order valence-electron chi connectivity index (χ0n) is 18.4. The van der Waals surface area contributed by atoms with Crippen LogP contribution in [-0.4, -0.2) is 68.7 Å². The van der Waals surface area contributed by atoms with Crippen molar-refractivity contribution in [1.29, 1.82) is 0 Å². The summed E-state index contributed by atoms with van der Waals surface area (Å²) in [5.41, 5.74) is 5.04. The fourth-order valence-electron chi connectivity index (χ4n) is 5.37. The molecule has 0 spiro atoms. The van der Waals surface area contributed by atoms with Crippen molar-refractivity contribution >= 4 is 28.8 Å². The van der Waals surface area contributed by atoms with Gasteiger partial charge in [-0.15, -0.1) is 0 Å². The van der Waals surface area contributed by atoms with Crippen molar-refractivity contribution in [2.45, 2.75) is 45.1 Å². The van der Waals surface area contributed by atoms with Gasteiger partial charge < -0.3 is 24.8 Å². The fraction of sp³-hybridized carbons (Fsp3) is 0.583. The van der Waals surface area contributed by atoms with Gasteiger partial charge in [-0.25, -0.2) is 0 Å². The molecule has 0 atom stereocenters. The number of hydrogen-bond donors (Lipinski definition) is 1. The van der Waals surface area contributed by atoms with E-state index in [0.29, 0.717) is 39.3 Å². The van der Waals surface area contributed by atoms with E-state index in [4.69, 9.17) is 4.74 Å². The molecule has 5 rings (SSSR count). The Labute approximate surface area is 184 Å². The third kappa shape index (κ3) is 3.80. The predicted molar refractivity (Wildman–Crippen MR) is 121 cm³/mol. The van der Waals surface area contributed by atoms with E-state index in [1.54, 1.807) is 6.92 Å². The smallest absolute Gasteiger partial charge is 0.260 e. The van der Waals surface area contributed by atoms with Crippen molar-refractivity contribution in [3.63, 3.8) is 0 Å². The Bertz CT molecular complexity index is 900. The Morgan fingerprint density at radius 1 is 1.10 bits per heavy atom. The molecule has 166 valence electrons. The molecule has 4 aliphatic rings. The molecule has 0 bridgehead atoms. The van der Waals surface area contributed by atoms with Crippen LogP contribution in [0.4, 0.5) is 11.4 Å². The highest BCUT2D eigenvalue weighted by atomic mass is 16.5. The molecule has 7 nitrogen and oxygen atoms in total. The van der Waals surface area contributed by atoms with Crippen LogP contribution >= 0.6 is 0 Å². The van der Waals surface area contributed by atoms with Gasteiger partial charge >= 0.3 is 0 Å². The summed E-state index contributed by atoms with van der Waals surface area (Å²) < 4.78 is 5.56. The summed E-state index contributed by atoms with van der Waals surface area (Å²) in [4.78, 5) is 32.0. The molecule has 4 aliphatic heterocycles. The maximum Gasteiger partial charge on any atom is 0.260 e. The Morgan fingerprint density at radius 2 is 1.87 bits per heavy atom. The number of hydrogen-bond acceptors (Lipinski definition) is 5. The van der Waals surface area contributed by atoms with Crippen molar-refractivity contribution < 1.29 is 14.3 Å². The van der Waals surface area contributed by atoms with Gasteiger partial charge in [-0.1, -0.05) is 0 Å². The standard InChI is InChI=1S/C24H32N4O3/c1-17(29)26-12-6-21(25-9-13-26)23-20-16-19(27-10-2-3-11-27)4-5-22(20)28(24(23)30)18-7-14-31-15-8-18/h4-5,16,18,25H,2-3,6-15H2,1H3/b23-21-. The van der Waals surface area contributed by atoms with E-state index >= 15 is 0 Å². The quantitative estimate of drug-likeness (QED) is 0.739. The summed E-state index contributed by atoms with van der Waals surface area (Å²) in [5, 5.41) is 3.49. The molecular formula is C24H32N4O3. The molecule has 0 radical (unpaired) electrons. The molecule has 4 heterocycles. The maximum absolute atomic E-state index is 13.8. The van der Waals surface area contributed by atoms with E-state index in [1.165, 1.54) is 18.5 Å². The number of carbonyl (C=O) groups is 2. The number of carbonyl (C=O) groups excluding carboxylic acids is 2. The van der Waals surface area contributed by atoms with Gasteiger partial charge in [0.15, 0.2) is 0 Å². The molecule has 3 saturated heterocycles. The van der Waals surface area contributed by atoms with Crippen LogP contribution in [0.1, 0.15) is 44.6 Å². The van der Waals surface area contributed by atoms with E-state index in [9.17, 15) is 9.59 Å². The van der Waals surface area contributed by atoms with Gasteiger partial charge in [-0.2, -0.15) is 0 Å². The number of fused-ring (bicyclic) bond motifs is 1. The fourth-order valence-corrected chi connectivity index (χ4v) is 5.37. The molecule has 2 amide bonds. The van der Waals surface area contributed by atoms with Crippen molar-refractivity contribution in [1.82, 2.24) is 10.2 Å². The first-order chi connectivity index (χ1) is 15.1. The summed E-state index contributed by atoms with van der Waals surface area (Å²) in [6.07, 6.45) is 4.86. The molecular weight excluding hydrogens is 392 g/mol. The number of ether oxygens (including phenoxy) is 1. The summed E-state index contributed by atoms with van der Waals surface area (Å²) >= 11 is 0. The van der Waals surface area contributed by atoms with Gasteiger partial charge in [0.25, 0.3) is 5.91 Å². The first kappa shape index (κ1) is 20.4. The minimum atomic E-state index is 0.0892. The number of nitrogens with zero attached hydrogens (tertiary/aromatic N) is 3. The predicted octanol–water partition coefficient (Wildman–Crippen LogP) is 2.37. The number of amides is 2. The highest BCUT2D eigenvalue weighted by Crippen LogP contribution is 2.43. The third-order valence-electron chi connectivity index (χ3n) is 7.07. The summed E-state index contributed by atoms with van der Waals surface area (Å²) in [5.74, 6) is 0.186. The SMILES string of the molecule is CC(=O)N1CCN/C(=C2\C(=O)N(C3CCOCC3)c3ccc(N4CCCC4)cc32)CC1. The van der Waals surface area contributed by atoms with E-state index in [0.717, 1.165) is 48.5 Å². The minimum Gasteiger partial charge on any atom is -0.386 e. The highest BCUT2D eigenvalue weighted by Gasteiger charge is 2.40. The Morgan fingerprint density at radius 3 is 2.61 bits per heavy atom. The van der Waals surface area contributed by atoms with Gasteiger partial charge in [0, 0.05) is 82.3 Å². The van der Waals surface area contributed by atoms with Gasteiger partial charge in [-0.05, 0) is 43.9 Å². The van der Waals surface area contributed by atoms with Gasteiger partial charge in [0.05, 0.1) is 11.3 Å². The van der Waals surface area contributed by atoms with Crippen molar-refractivity contribution in [2.75, 3.05) is 55.7 Å². The van der Waals surface area contributed by atoms with Gasteiger partial charge in [0.2, 0.25) is 5.91 Å². The molecule has 7 heteroatoms. The Balaban J connectivity index is 1.55. The number of rotatable bonds is 2. The van der Waals surface area contributed by atoms with E-state index in [1.807, 2.05) is 9.80 Å². The van der Waals surface area contributed by atoms with Gasteiger partial charge in [-0.3, -0.25) is 9.59 Å². The number of anilines is 2. The van der Waals surface area contributed by atoms with Crippen LogP contribution in [-0.2, 0) is 14.3 Å². The third-order valence-corrected chi connectivity index (χ3v) is 7.07. The second kappa shape index (κ2) is 8.54. The summed E-state index contributed by atoms with van der Waals surface area (Å²) in [7, 11) is 0. The van der Waals surface area contributed by atoms with Crippen LogP contribution in [0, 0.1) is 0 Å². The molecule has 1 N–H and O–H groups in total. The average molecular weight is 425 g/mol. The van der Waals surface area contributed by atoms with E-state index < -0.39 is 0 Å².